The normalized spacial score (nSPS) is 8.71. The molecule has 1 heteroatoms. The van der Waals surface area contributed by atoms with Gasteiger partial charge in [-0.1, -0.05) is 12.1 Å². The summed E-state index contributed by atoms with van der Waals surface area (Å²) >= 11 is 0. The van der Waals surface area contributed by atoms with Crippen molar-refractivity contribution in [2.75, 3.05) is 0 Å². The molecule has 0 radical (unpaired) electrons. The summed E-state index contributed by atoms with van der Waals surface area (Å²) in [5, 5.41) is 2.44. The van der Waals surface area contributed by atoms with E-state index < -0.39 is 0 Å². The SMILES string of the molecule is [Mg+2].[c-]1cccc2ccccc12.[c-]1ccccc1. The molecule has 0 aliphatic rings. The van der Waals surface area contributed by atoms with E-state index in [1.165, 1.54) is 10.8 Å². The minimum atomic E-state index is 0. The van der Waals surface area contributed by atoms with Crippen LogP contribution in [-0.2, 0) is 0 Å². The van der Waals surface area contributed by atoms with Crippen LogP contribution in [0.5, 0.6) is 0 Å². The molecule has 0 atom stereocenters. The zero-order valence-electron chi connectivity index (χ0n) is 9.64. The van der Waals surface area contributed by atoms with Crippen molar-refractivity contribution in [1.29, 1.82) is 0 Å². The number of hydrogen-bond acceptors (Lipinski definition) is 0. The average molecular weight is 229 g/mol. The van der Waals surface area contributed by atoms with Gasteiger partial charge in [-0.05, 0) is 0 Å². The molecule has 0 bridgehead atoms. The molecule has 3 aromatic rings. The van der Waals surface area contributed by atoms with Crippen LogP contribution in [0.15, 0.2) is 72.8 Å². The molecule has 78 valence electrons. The van der Waals surface area contributed by atoms with Gasteiger partial charge in [-0.3, -0.25) is 0 Å². The molecule has 0 nitrogen and oxygen atoms in total. The summed E-state index contributed by atoms with van der Waals surface area (Å²) in [7, 11) is 0. The van der Waals surface area contributed by atoms with Crippen molar-refractivity contribution < 1.29 is 0 Å². The molecule has 17 heavy (non-hydrogen) atoms. The standard InChI is InChI=1S/C10H7.C6H5.Mg/c1-2-6-10-8-4-3-7-9(10)5-1;1-2-4-6-5-3-1;/h1-7H;1-5H;/q2*-1;+2. The first kappa shape index (κ1) is 13.7. The third kappa shape index (κ3) is 4.59. The van der Waals surface area contributed by atoms with E-state index >= 15 is 0 Å². The van der Waals surface area contributed by atoms with E-state index in [1.807, 2.05) is 54.6 Å². The van der Waals surface area contributed by atoms with E-state index in [9.17, 15) is 0 Å². The van der Waals surface area contributed by atoms with E-state index in [-0.39, 0.29) is 23.1 Å². The van der Waals surface area contributed by atoms with Crippen molar-refractivity contribution in [2.45, 2.75) is 0 Å². The van der Waals surface area contributed by atoms with Crippen LogP contribution in [0.4, 0.5) is 0 Å². The summed E-state index contributed by atoms with van der Waals surface area (Å²) in [5.74, 6) is 0. The van der Waals surface area contributed by atoms with Gasteiger partial charge in [-0.2, -0.15) is 36.4 Å². The quantitative estimate of drug-likeness (QED) is 0.406. The molecule has 0 heterocycles. The predicted molar refractivity (Wildman–Crippen MR) is 73.8 cm³/mol. The molecule has 3 rings (SSSR count). The van der Waals surface area contributed by atoms with Crippen molar-refractivity contribution in [3.05, 3.63) is 84.9 Å². The first-order chi connectivity index (χ1) is 7.97. The molecule has 0 aliphatic carbocycles. The minimum Gasteiger partial charge on any atom is -0.184 e. The molecule has 0 unspecified atom stereocenters. The maximum atomic E-state index is 3.15. The Morgan fingerprint density at radius 3 is 1.94 bits per heavy atom. The van der Waals surface area contributed by atoms with Gasteiger partial charge in [0.15, 0.2) is 0 Å². The van der Waals surface area contributed by atoms with E-state index in [1.54, 1.807) is 0 Å². The van der Waals surface area contributed by atoms with Gasteiger partial charge in [-0.25, -0.2) is 0 Å². The molecule has 0 saturated heterocycles. The molecule has 0 spiro atoms. The fourth-order valence-corrected chi connectivity index (χ4v) is 1.41. The largest absolute Gasteiger partial charge is 2.00 e. The van der Waals surface area contributed by atoms with Gasteiger partial charge >= 0.3 is 23.1 Å². The van der Waals surface area contributed by atoms with E-state index in [2.05, 4.69) is 30.3 Å². The van der Waals surface area contributed by atoms with Crippen molar-refractivity contribution >= 4 is 33.8 Å². The van der Waals surface area contributed by atoms with Gasteiger partial charge in [0, 0.05) is 0 Å². The third-order valence-electron chi connectivity index (χ3n) is 2.18. The first-order valence-corrected chi connectivity index (χ1v) is 5.23. The zero-order chi connectivity index (χ0) is 11.1. The molecule has 0 N–H and O–H groups in total. The Hall–Kier alpha value is -1.31. The van der Waals surface area contributed by atoms with Crippen LogP contribution in [0.3, 0.4) is 0 Å². The van der Waals surface area contributed by atoms with Gasteiger partial charge in [0.25, 0.3) is 0 Å². The summed E-state index contributed by atoms with van der Waals surface area (Å²) in [5.41, 5.74) is 0. The molecule has 0 aliphatic heterocycles. The Balaban J connectivity index is 0.000000180. The Morgan fingerprint density at radius 2 is 1.35 bits per heavy atom. The van der Waals surface area contributed by atoms with Crippen molar-refractivity contribution in [3.63, 3.8) is 0 Å². The number of benzene rings is 3. The maximum absolute atomic E-state index is 3.15. The Bertz CT molecular complexity index is 440. The second kappa shape index (κ2) is 7.88. The number of rotatable bonds is 0. The zero-order valence-corrected chi connectivity index (χ0v) is 11.0. The molecule has 0 fully saturated rings. The van der Waals surface area contributed by atoms with E-state index in [4.69, 9.17) is 0 Å². The predicted octanol–water partition coefficient (Wildman–Crippen LogP) is 3.75. The Kier molecular flexibility index (Phi) is 6.37. The summed E-state index contributed by atoms with van der Waals surface area (Å²) in [6.07, 6.45) is 0. The fourth-order valence-electron chi connectivity index (χ4n) is 1.41. The maximum Gasteiger partial charge on any atom is 2.00 e. The average Bonchev–Trinajstić information content (AvgIpc) is 2.42. The fraction of sp³-hybridized carbons (Fsp3) is 0. The smallest absolute Gasteiger partial charge is 0.184 e. The van der Waals surface area contributed by atoms with E-state index in [0.29, 0.717) is 0 Å². The molecule has 3 aromatic carbocycles. The van der Waals surface area contributed by atoms with Crippen molar-refractivity contribution in [2.24, 2.45) is 0 Å². The number of hydrogen-bond donors (Lipinski definition) is 0. The van der Waals surface area contributed by atoms with Gasteiger partial charge in [-0.15, -0.1) is 47.2 Å². The second-order valence-corrected chi connectivity index (χ2v) is 3.33. The molecule has 0 saturated carbocycles. The van der Waals surface area contributed by atoms with Crippen molar-refractivity contribution in [1.82, 2.24) is 0 Å². The minimum absolute atomic E-state index is 0. The van der Waals surface area contributed by atoms with Crippen LogP contribution in [0.1, 0.15) is 0 Å². The van der Waals surface area contributed by atoms with Gasteiger partial charge in [0.2, 0.25) is 0 Å². The molecular weight excluding hydrogens is 216 g/mol. The molecule has 0 aromatic heterocycles. The monoisotopic (exact) mass is 228 g/mol. The summed E-state index contributed by atoms with van der Waals surface area (Å²) < 4.78 is 0. The van der Waals surface area contributed by atoms with Crippen LogP contribution in [0.2, 0.25) is 0 Å². The second-order valence-electron chi connectivity index (χ2n) is 3.33. The topological polar surface area (TPSA) is 0 Å². The third-order valence-corrected chi connectivity index (χ3v) is 2.18. The van der Waals surface area contributed by atoms with E-state index in [0.717, 1.165) is 0 Å². The van der Waals surface area contributed by atoms with Gasteiger partial charge in [0.1, 0.15) is 0 Å². The van der Waals surface area contributed by atoms with Crippen molar-refractivity contribution in [3.8, 4) is 0 Å². The van der Waals surface area contributed by atoms with Crippen LogP contribution < -0.4 is 0 Å². The van der Waals surface area contributed by atoms with Gasteiger partial charge < -0.3 is 0 Å². The first-order valence-electron chi connectivity index (χ1n) is 5.23. The van der Waals surface area contributed by atoms with Crippen LogP contribution in [-0.4, -0.2) is 23.1 Å². The summed E-state index contributed by atoms with van der Waals surface area (Å²) in [6.45, 7) is 0. The Morgan fingerprint density at radius 1 is 0.647 bits per heavy atom. The van der Waals surface area contributed by atoms with Gasteiger partial charge in [0.05, 0.1) is 0 Å². The Labute approximate surface area is 118 Å². The molecular formula is C16H12Mg. The summed E-state index contributed by atoms with van der Waals surface area (Å²) in [4.78, 5) is 0. The molecule has 0 amide bonds. The van der Waals surface area contributed by atoms with Crippen LogP contribution in [0, 0.1) is 12.1 Å². The van der Waals surface area contributed by atoms with Crippen LogP contribution in [0.25, 0.3) is 10.8 Å². The number of fused-ring (bicyclic) bond motifs is 1. The summed E-state index contributed by atoms with van der Waals surface area (Å²) in [6, 6.07) is 29.9. The van der Waals surface area contributed by atoms with Crippen LogP contribution >= 0.6 is 0 Å².